The van der Waals surface area contributed by atoms with Gasteiger partial charge >= 0.3 is 0 Å². The molecule has 5 aliphatic rings. The molecule has 0 radical (unpaired) electrons. The number of benzene rings is 1. The number of carbonyl (C=O) groups is 1. The van der Waals surface area contributed by atoms with Crippen molar-refractivity contribution in [2.75, 3.05) is 31.6 Å². The van der Waals surface area contributed by atoms with Crippen molar-refractivity contribution in [3.8, 4) is 0 Å². The number of amides is 1. The third-order valence-electron chi connectivity index (χ3n) is 7.47. The van der Waals surface area contributed by atoms with Crippen molar-refractivity contribution in [1.82, 2.24) is 9.62 Å². The van der Waals surface area contributed by atoms with Crippen molar-refractivity contribution in [3.63, 3.8) is 0 Å². The molecule has 5 fully saturated rings. The summed E-state index contributed by atoms with van der Waals surface area (Å²) in [6.07, 6.45) is 6.82. The van der Waals surface area contributed by atoms with Crippen LogP contribution in [0.3, 0.4) is 0 Å². The summed E-state index contributed by atoms with van der Waals surface area (Å²) >= 11 is 5.39. The summed E-state index contributed by atoms with van der Waals surface area (Å²) in [5, 5.41) is 6.23. The molecule has 1 aliphatic heterocycles. The normalized spacial score (nSPS) is 32.6. The molecule has 6 rings (SSSR count). The number of morpholine rings is 1. The van der Waals surface area contributed by atoms with Gasteiger partial charge in [0, 0.05) is 18.8 Å². The first-order valence-corrected chi connectivity index (χ1v) is 13.0. The third-order valence-corrected chi connectivity index (χ3v) is 9.58. The summed E-state index contributed by atoms with van der Waals surface area (Å²) in [6, 6.07) is 6.49. The van der Waals surface area contributed by atoms with Crippen LogP contribution < -0.4 is 10.6 Å². The van der Waals surface area contributed by atoms with E-state index < -0.39 is 10.0 Å². The van der Waals surface area contributed by atoms with Crippen molar-refractivity contribution in [1.29, 1.82) is 0 Å². The maximum Gasteiger partial charge on any atom is 0.243 e. The van der Waals surface area contributed by atoms with Crippen molar-refractivity contribution < 1.29 is 17.9 Å². The molecule has 4 aliphatic carbocycles. The van der Waals surface area contributed by atoms with Crippen LogP contribution in [0.25, 0.3) is 0 Å². The number of hydrogen-bond acceptors (Lipinski definition) is 5. The van der Waals surface area contributed by atoms with Gasteiger partial charge in [-0.3, -0.25) is 4.79 Å². The number of nitrogens with one attached hydrogen (secondary N) is 2. The van der Waals surface area contributed by atoms with Crippen molar-refractivity contribution in [2.45, 2.75) is 43.4 Å². The minimum Gasteiger partial charge on any atom is -0.379 e. The van der Waals surface area contributed by atoms with Gasteiger partial charge in [-0.1, -0.05) is 0 Å². The number of anilines is 1. The highest BCUT2D eigenvalue weighted by atomic mass is 32.2. The Balaban J connectivity index is 1.20. The molecule has 1 heterocycles. The van der Waals surface area contributed by atoms with Gasteiger partial charge in [0.15, 0.2) is 5.11 Å². The van der Waals surface area contributed by atoms with Gasteiger partial charge in [0.1, 0.15) is 0 Å². The summed E-state index contributed by atoms with van der Waals surface area (Å²) in [5.74, 6) is 2.13. The molecule has 168 valence electrons. The lowest BCUT2D eigenvalue weighted by Gasteiger charge is -2.55. The van der Waals surface area contributed by atoms with Gasteiger partial charge in [0.05, 0.1) is 23.5 Å². The van der Waals surface area contributed by atoms with Crippen molar-refractivity contribution in [2.24, 2.45) is 23.2 Å². The molecule has 31 heavy (non-hydrogen) atoms. The number of rotatable bonds is 4. The second-order valence-corrected chi connectivity index (χ2v) is 12.0. The van der Waals surface area contributed by atoms with E-state index in [-0.39, 0.29) is 21.3 Å². The lowest BCUT2D eigenvalue weighted by atomic mass is 9.49. The molecule has 2 N–H and O–H groups in total. The van der Waals surface area contributed by atoms with Gasteiger partial charge in [-0.15, -0.1) is 0 Å². The van der Waals surface area contributed by atoms with Crippen LogP contribution in [0.4, 0.5) is 5.69 Å². The number of thiocarbonyl (C=S) groups is 1. The first-order chi connectivity index (χ1) is 14.8. The molecule has 0 atom stereocenters. The Morgan fingerprint density at radius 1 is 1.00 bits per heavy atom. The number of sulfonamides is 1. The van der Waals surface area contributed by atoms with Gasteiger partial charge < -0.3 is 15.4 Å². The van der Waals surface area contributed by atoms with Gasteiger partial charge in [0.25, 0.3) is 0 Å². The van der Waals surface area contributed by atoms with Crippen LogP contribution in [0, 0.1) is 23.2 Å². The highest BCUT2D eigenvalue weighted by Crippen LogP contribution is 2.60. The van der Waals surface area contributed by atoms with E-state index in [2.05, 4.69) is 10.6 Å². The number of hydrogen-bond donors (Lipinski definition) is 2. The first-order valence-electron chi connectivity index (χ1n) is 11.1. The van der Waals surface area contributed by atoms with E-state index in [0.29, 0.717) is 49.7 Å². The van der Waals surface area contributed by atoms with Crippen LogP contribution in [0.5, 0.6) is 0 Å². The minimum absolute atomic E-state index is 0.0515. The zero-order valence-electron chi connectivity index (χ0n) is 17.5. The van der Waals surface area contributed by atoms with Gasteiger partial charge in [-0.2, -0.15) is 4.31 Å². The average molecular weight is 464 g/mol. The maximum atomic E-state index is 13.1. The largest absolute Gasteiger partial charge is 0.379 e. The van der Waals surface area contributed by atoms with E-state index in [1.807, 2.05) is 0 Å². The molecular weight excluding hydrogens is 434 g/mol. The monoisotopic (exact) mass is 463 g/mol. The quantitative estimate of drug-likeness (QED) is 0.668. The predicted molar refractivity (Wildman–Crippen MR) is 121 cm³/mol. The van der Waals surface area contributed by atoms with E-state index in [1.54, 1.807) is 24.3 Å². The highest BCUT2D eigenvalue weighted by Gasteiger charge is 2.54. The van der Waals surface area contributed by atoms with Crippen LogP contribution in [-0.2, 0) is 19.6 Å². The fourth-order valence-corrected chi connectivity index (χ4v) is 8.05. The minimum atomic E-state index is -3.53. The van der Waals surface area contributed by atoms with Gasteiger partial charge in [-0.05, 0) is 92.8 Å². The van der Waals surface area contributed by atoms with E-state index in [0.717, 1.165) is 19.3 Å². The Morgan fingerprint density at radius 2 is 1.55 bits per heavy atom. The SMILES string of the molecule is O=C(NC(=S)Nc1ccc(S(=O)(=O)N2CCOCC2)cc1)C12CC3CC(CC(C3)C1)C2. The summed E-state index contributed by atoms with van der Waals surface area (Å²) in [7, 11) is -3.53. The summed E-state index contributed by atoms with van der Waals surface area (Å²) in [4.78, 5) is 13.4. The number of nitrogens with zero attached hydrogens (tertiary/aromatic N) is 1. The van der Waals surface area contributed by atoms with Crippen LogP contribution in [0.1, 0.15) is 38.5 Å². The first kappa shape index (κ1) is 21.3. The molecule has 4 bridgehead atoms. The molecule has 1 aromatic rings. The zero-order chi connectivity index (χ0) is 21.6. The molecule has 0 spiro atoms. The Kier molecular flexibility index (Phi) is 5.57. The lowest BCUT2D eigenvalue weighted by Crippen LogP contribution is -2.55. The van der Waals surface area contributed by atoms with Crippen LogP contribution in [-0.4, -0.2) is 50.0 Å². The smallest absolute Gasteiger partial charge is 0.243 e. The van der Waals surface area contributed by atoms with Crippen LogP contribution >= 0.6 is 12.2 Å². The van der Waals surface area contributed by atoms with E-state index in [9.17, 15) is 13.2 Å². The second kappa shape index (κ2) is 8.10. The molecule has 7 nitrogen and oxygen atoms in total. The van der Waals surface area contributed by atoms with E-state index in [1.165, 1.54) is 23.6 Å². The summed E-state index contributed by atoms with van der Waals surface area (Å²) in [6.45, 7) is 1.55. The van der Waals surface area contributed by atoms with Gasteiger partial charge in [-0.25, -0.2) is 8.42 Å². The molecule has 4 saturated carbocycles. The molecule has 1 aromatic carbocycles. The lowest BCUT2D eigenvalue weighted by molar-refractivity contribution is -0.144. The molecule has 1 saturated heterocycles. The Labute approximate surface area is 189 Å². The molecule has 0 unspecified atom stereocenters. The molecular formula is C22H29N3O4S2. The van der Waals surface area contributed by atoms with Crippen molar-refractivity contribution in [3.05, 3.63) is 24.3 Å². The fraction of sp³-hybridized carbons (Fsp3) is 0.636. The topological polar surface area (TPSA) is 87.7 Å². The number of carbonyl (C=O) groups excluding carboxylic acids is 1. The van der Waals surface area contributed by atoms with E-state index >= 15 is 0 Å². The summed E-state index contributed by atoms with van der Waals surface area (Å²) < 4.78 is 32.2. The second-order valence-electron chi connectivity index (χ2n) is 9.65. The predicted octanol–water partition coefficient (Wildman–Crippen LogP) is 2.74. The highest BCUT2D eigenvalue weighted by molar-refractivity contribution is 7.89. The summed E-state index contributed by atoms with van der Waals surface area (Å²) in [5.41, 5.74) is 0.396. The van der Waals surface area contributed by atoms with Crippen LogP contribution in [0.2, 0.25) is 0 Å². The fourth-order valence-electron chi connectivity index (χ4n) is 6.43. The third kappa shape index (κ3) is 4.13. The number of ether oxygens (including phenoxy) is 1. The average Bonchev–Trinajstić information content (AvgIpc) is 2.74. The standard InChI is InChI=1S/C22H29N3O4S2/c26-20(22-12-15-9-16(13-22)11-17(10-15)14-22)24-21(30)23-18-1-3-19(4-2-18)31(27,28)25-5-7-29-8-6-25/h1-4,15-17H,5-14H2,(H2,23,24,26,30). The zero-order valence-corrected chi connectivity index (χ0v) is 19.1. The van der Waals surface area contributed by atoms with Gasteiger partial charge in [0.2, 0.25) is 15.9 Å². The van der Waals surface area contributed by atoms with Crippen molar-refractivity contribution >= 4 is 38.9 Å². The molecule has 9 heteroatoms. The molecule has 0 aromatic heterocycles. The maximum absolute atomic E-state index is 13.1. The Hall–Kier alpha value is -1.55. The Bertz CT molecular complexity index is 936. The van der Waals surface area contributed by atoms with E-state index in [4.69, 9.17) is 17.0 Å². The Morgan fingerprint density at radius 3 is 2.10 bits per heavy atom. The van der Waals surface area contributed by atoms with Crippen LogP contribution in [0.15, 0.2) is 29.2 Å². The molecule has 1 amide bonds.